The van der Waals surface area contributed by atoms with E-state index in [1.54, 1.807) is 44.8 Å². The van der Waals surface area contributed by atoms with E-state index in [2.05, 4.69) is 10.1 Å². The average molecular weight is 498 g/mol. The number of Topliss-reactive ketones (excluding diaryl/α,β-unsaturated/α-hetero) is 1. The van der Waals surface area contributed by atoms with Crippen LogP contribution >= 0.6 is 0 Å². The van der Waals surface area contributed by atoms with Crippen molar-refractivity contribution in [3.63, 3.8) is 0 Å². The van der Waals surface area contributed by atoms with Crippen LogP contribution in [0.4, 0.5) is 0 Å². The van der Waals surface area contributed by atoms with Gasteiger partial charge in [-0.2, -0.15) is 5.10 Å². The molecule has 188 valence electrons. The molecule has 9 nitrogen and oxygen atoms in total. The first-order chi connectivity index (χ1) is 18.0. The zero-order chi connectivity index (χ0) is 25.8. The highest BCUT2D eigenvalue weighted by atomic mass is 16.5. The summed E-state index contributed by atoms with van der Waals surface area (Å²) in [7, 11) is 1.51. The molecule has 4 aromatic rings. The molecule has 1 fully saturated rings. The first-order valence-electron chi connectivity index (χ1n) is 12.1. The fourth-order valence-corrected chi connectivity index (χ4v) is 4.44. The van der Waals surface area contributed by atoms with E-state index in [0.29, 0.717) is 43.3 Å². The van der Waals surface area contributed by atoms with Crippen molar-refractivity contribution in [2.24, 2.45) is 0 Å². The van der Waals surface area contributed by atoms with Gasteiger partial charge in [0, 0.05) is 55.8 Å². The number of hydrogen-bond acceptors (Lipinski definition) is 6. The predicted octanol–water partition coefficient (Wildman–Crippen LogP) is 2.85. The number of piperazine rings is 1. The minimum atomic E-state index is -0.106. The second-order valence-electron chi connectivity index (χ2n) is 8.92. The third-order valence-corrected chi connectivity index (χ3v) is 6.44. The summed E-state index contributed by atoms with van der Waals surface area (Å²) >= 11 is 0. The Morgan fingerprint density at radius 2 is 1.65 bits per heavy atom. The maximum atomic E-state index is 12.9. The number of carbonyl (C=O) groups excluding carboxylic acids is 3. The molecule has 0 aliphatic carbocycles. The maximum absolute atomic E-state index is 12.9. The lowest BCUT2D eigenvalue weighted by atomic mass is 10.1. The van der Waals surface area contributed by atoms with E-state index in [9.17, 15) is 14.4 Å². The molecule has 5 rings (SSSR count). The average Bonchev–Trinajstić information content (AvgIpc) is 3.34. The smallest absolute Gasteiger partial charge is 0.253 e. The van der Waals surface area contributed by atoms with E-state index in [4.69, 9.17) is 4.74 Å². The Labute approximate surface area is 214 Å². The van der Waals surface area contributed by atoms with Crippen LogP contribution in [0.2, 0.25) is 0 Å². The molecule has 1 aliphatic rings. The minimum Gasteiger partial charge on any atom is -0.481 e. The summed E-state index contributed by atoms with van der Waals surface area (Å²) in [6.07, 6.45) is 2.02. The number of ketones is 1. The SMILES string of the molecule is COc1cccc(C(=O)Cc2ccc3nn(CC(=O)N4CCN(C(=O)c5ccccc5)CC4)cc3c2)n1. The molecule has 2 aromatic heterocycles. The van der Waals surface area contributed by atoms with Crippen molar-refractivity contribution in [3.8, 4) is 5.88 Å². The highest BCUT2D eigenvalue weighted by molar-refractivity contribution is 5.96. The number of aromatic nitrogens is 3. The first kappa shape index (κ1) is 24.2. The number of rotatable bonds is 7. The zero-order valence-electron chi connectivity index (χ0n) is 20.5. The summed E-state index contributed by atoms with van der Waals surface area (Å²) in [6, 6.07) is 19.9. The number of fused-ring (bicyclic) bond motifs is 1. The van der Waals surface area contributed by atoms with Crippen molar-refractivity contribution in [2.45, 2.75) is 13.0 Å². The Bertz CT molecular complexity index is 1440. The lowest BCUT2D eigenvalue weighted by Crippen LogP contribution is -2.51. The number of pyridine rings is 1. The van der Waals surface area contributed by atoms with Crippen LogP contribution in [-0.4, -0.2) is 75.5 Å². The fourth-order valence-electron chi connectivity index (χ4n) is 4.44. The van der Waals surface area contributed by atoms with E-state index in [1.807, 2.05) is 42.6 Å². The van der Waals surface area contributed by atoms with E-state index in [0.717, 1.165) is 16.5 Å². The monoisotopic (exact) mass is 497 g/mol. The van der Waals surface area contributed by atoms with E-state index in [-0.39, 0.29) is 30.6 Å². The van der Waals surface area contributed by atoms with Crippen molar-refractivity contribution >= 4 is 28.5 Å². The number of nitrogens with zero attached hydrogens (tertiary/aromatic N) is 5. The molecule has 3 heterocycles. The molecule has 0 saturated carbocycles. The fraction of sp³-hybridized carbons (Fsp3) is 0.250. The maximum Gasteiger partial charge on any atom is 0.253 e. The molecule has 37 heavy (non-hydrogen) atoms. The summed E-state index contributed by atoms with van der Waals surface area (Å²) in [5.41, 5.74) is 2.60. The number of hydrogen-bond donors (Lipinski definition) is 0. The van der Waals surface area contributed by atoms with E-state index < -0.39 is 0 Å². The topological polar surface area (TPSA) is 97.6 Å². The van der Waals surface area contributed by atoms with E-state index in [1.165, 1.54) is 7.11 Å². The van der Waals surface area contributed by atoms with Crippen molar-refractivity contribution in [1.82, 2.24) is 24.6 Å². The summed E-state index contributed by atoms with van der Waals surface area (Å²) < 4.78 is 6.73. The number of benzene rings is 2. The molecule has 0 spiro atoms. The highest BCUT2D eigenvalue weighted by Gasteiger charge is 2.25. The first-order valence-corrected chi connectivity index (χ1v) is 12.1. The van der Waals surface area contributed by atoms with Gasteiger partial charge < -0.3 is 14.5 Å². The van der Waals surface area contributed by atoms with Crippen LogP contribution in [-0.2, 0) is 17.8 Å². The molecule has 0 unspecified atom stereocenters. The highest BCUT2D eigenvalue weighted by Crippen LogP contribution is 2.17. The number of amides is 2. The molecule has 9 heteroatoms. The van der Waals surface area contributed by atoms with Crippen LogP contribution in [0, 0.1) is 0 Å². The molecular formula is C28H27N5O4. The zero-order valence-corrected chi connectivity index (χ0v) is 20.5. The van der Waals surface area contributed by atoms with Gasteiger partial charge >= 0.3 is 0 Å². The summed E-state index contributed by atoms with van der Waals surface area (Å²) in [5.74, 6) is 0.240. The third-order valence-electron chi connectivity index (χ3n) is 6.44. The summed E-state index contributed by atoms with van der Waals surface area (Å²) in [5, 5.41) is 5.38. The lowest BCUT2D eigenvalue weighted by Gasteiger charge is -2.34. The Hall–Kier alpha value is -4.53. The largest absolute Gasteiger partial charge is 0.481 e. The van der Waals surface area contributed by atoms with Crippen LogP contribution in [0.1, 0.15) is 26.4 Å². The third kappa shape index (κ3) is 5.50. The minimum absolute atomic E-state index is 0.0116. The molecule has 0 atom stereocenters. The van der Waals surface area contributed by atoms with Crippen molar-refractivity contribution in [3.05, 3.63) is 89.7 Å². The van der Waals surface area contributed by atoms with E-state index >= 15 is 0 Å². The number of carbonyl (C=O) groups is 3. The van der Waals surface area contributed by atoms with Crippen molar-refractivity contribution in [2.75, 3.05) is 33.3 Å². The van der Waals surface area contributed by atoms with Gasteiger partial charge in [0.25, 0.3) is 5.91 Å². The Kier molecular flexibility index (Phi) is 6.93. The molecule has 0 radical (unpaired) electrons. The normalized spacial score (nSPS) is 13.5. The molecule has 2 aromatic carbocycles. The van der Waals surface area contributed by atoms with Crippen LogP contribution < -0.4 is 4.74 Å². The molecule has 1 aliphatic heterocycles. The van der Waals surface area contributed by atoms with Crippen LogP contribution in [0.5, 0.6) is 5.88 Å². The second kappa shape index (κ2) is 10.6. The predicted molar refractivity (Wildman–Crippen MR) is 137 cm³/mol. The molecule has 1 saturated heterocycles. The molecule has 0 bridgehead atoms. The molecular weight excluding hydrogens is 470 g/mol. The summed E-state index contributed by atoms with van der Waals surface area (Å²) in [4.78, 5) is 46.0. The van der Waals surface area contributed by atoms with Gasteiger partial charge in [-0.25, -0.2) is 4.98 Å². The van der Waals surface area contributed by atoms with Crippen molar-refractivity contribution in [1.29, 1.82) is 0 Å². The molecule has 2 amide bonds. The second-order valence-corrected chi connectivity index (χ2v) is 8.92. The number of methoxy groups -OCH3 is 1. The Morgan fingerprint density at radius 1 is 0.892 bits per heavy atom. The van der Waals surface area contributed by atoms with Gasteiger partial charge in [0.05, 0.1) is 12.6 Å². The van der Waals surface area contributed by atoms with Crippen molar-refractivity contribution < 1.29 is 19.1 Å². The van der Waals surface area contributed by atoms with Crippen LogP contribution in [0.15, 0.2) is 72.9 Å². The van der Waals surface area contributed by atoms with Gasteiger partial charge in [-0.1, -0.05) is 30.3 Å². The van der Waals surface area contributed by atoms with Gasteiger partial charge in [-0.05, 0) is 35.9 Å². The van der Waals surface area contributed by atoms with Gasteiger partial charge in [-0.3, -0.25) is 19.1 Å². The van der Waals surface area contributed by atoms with Crippen LogP contribution in [0.3, 0.4) is 0 Å². The Balaban J connectivity index is 1.19. The van der Waals surface area contributed by atoms with Gasteiger partial charge in [0.1, 0.15) is 12.2 Å². The number of ether oxygens (including phenoxy) is 1. The quantitative estimate of drug-likeness (QED) is 0.364. The standard InChI is InChI=1S/C28H27N5O4/c1-37-26-9-5-8-24(29-26)25(34)17-20-10-11-23-22(16-20)18-33(30-23)19-27(35)31-12-14-32(15-13-31)28(36)21-6-3-2-4-7-21/h2-11,16,18H,12-15,17,19H2,1H3. The summed E-state index contributed by atoms with van der Waals surface area (Å²) in [6.45, 7) is 2.09. The van der Waals surface area contributed by atoms with Gasteiger partial charge in [0.2, 0.25) is 11.8 Å². The van der Waals surface area contributed by atoms with Gasteiger partial charge in [-0.15, -0.1) is 0 Å². The van der Waals surface area contributed by atoms with Gasteiger partial charge in [0.15, 0.2) is 5.78 Å². The van der Waals surface area contributed by atoms with Crippen LogP contribution in [0.25, 0.3) is 10.9 Å². The lowest BCUT2D eigenvalue weighted by molar-refractivity contribution is -0.133. The Morgan fingerprint density at radius 3 is 2.41 bits per heavy atom. The molecule has 0 N–H and O–H groups in total.